The van der Waals surface area contributed by atoms with Crippen molar-refractivity contribution in [3.63, 3.8) is 0 Å². The van der Waals surface area contributed by atoms with Crippen LogP contribution in [0.4, 0.5) is 0 Å². The van der Waals surface area contributed by atoms with Crippen LogP contribution in [0.15, 0.2) is 18.2 Å². The van der Waals surface area contributed by atoms with Crippen LogP contribution in [-0.4, -0.2) is 61.0 Å². The van der Waals surface area contributed by atoms with E-state index in [9.17, 15) is 9.59 Å². The molecular formula is C19H24N2O4. The van der Waals surface area contributed by atoms with E-state index >= 15 is 0 Å². The Morgan fingerprint density at radius 2 is 1.64 bits per heavy atom. The maximum absolute atomic E-state index is 12.6. The van der Waals surface area contributed by atoms with Gasteiger partial charge in [0.1, 0.15) is 0 Å². The van der Waals surface area contributed by atoms with Crippen LogP contribution < -0.4 is 9.47 Å². The number of hydrogen-bond acceptors (Lipinski definition) is 4. The van der Waals surface area contributed by atoms with E-state index in [1.165, 1.54) is 0 Å². The fourth-order valence-electron chi connectivity index (χ4n) is 3.37. The van der Waals surface area contributed by atoms with Crippen molar-refractivity contribution in [3.05, 3.63) is 23.8 Å². The van der Waals surface area contributed by atoms with E-state index in [0.717, 1.165) is 36.3 Å². The lowest BCUT2D eigenvalue weighted by Gasteiger charge is -2.35. The molecule has 6 nitrogen and oxygen atoms in total. The zero-order chi connectivity index (χ0) is 17.2. The van der Waals surface area contributed by atoms with E-state index < -0.39 is 0 Å². The number of rotatable bonds is 3. The Labute approximate surface area is 147 Å². The zero-order valence-electron chi connectivity index (χ0n) is 14.4. The van der Waals surface area contributed by atoms with Crippen LogP contribution in [0.5, 0.6) is 11.5 Å². The highest BCUT2D eigenvalue weighted by Gasteiger charge is 2.35. The van der Waals surface area contributed by atoms with Crippen molar-refractivity contribution in [2.75, 3.05) is 39.4 Å². The third kappa shape index (κ3) is 3.72. The third-order valence-corrected chi connectivity index (χ3v) is 5.04. The number of benzene rings is 1. The third-order valence-electron chi connectivity index (χ3n) is 5.04. The number of piperazine rings is 1. The van der Waals surface area contributed by atoms with Gasteiger partial charge < -0.3 is 19.3 Å². The van der Waals surface area contributed by atoms with Gasteiger partial charge in [0.15, 0.2) is 11.5 Å². The summed E-state index contributed by atoms with van der Waals surface area (Å²) in [5.74, 6) is 2.11. The number of hydrogen-bond donors (Lipinski definition) is 0. The minimum Gasteiger partial charge on any atom is -0.490 e. The lowest BCUT2D eigenvalue weighted by Crippen LogP contribution is -2.51. The Morgan fingerprint density at radius 3 is 2.36 bits per heavy atom. The first kappa shape index (κ1) is 16.2. The smallest absolute Gasteiger partial charge is 0.227 e. The van der Waals surface area contributed by atoms with E-state index in [1.807, 2.05) is 28.0 Å². The highest BCUT2D eigenvalue weighted by Crippen LogP contribution is 2.32. The summed E-state index contributed by atoms with van der Waals surface area (Å²) >= 11 is 0. The molecule has 2 aliphatic heterocycles. The predicted octanol–water partition coefficient (Wildman–Crippen LogP) is 1.47. The van der Waals surface area contributed by atoms with E-state index in [4.69, 9.17) is 9.47 Å². The number of carbonyl (C=O) groups excluding carboxylic acids is 2. The maximum Gasteiger partial charge on any atom is 0.227 e. The van der Waals surface area contributed by atoms with E-state index in [0.29, 0.717) is 45.8 Å². The molecule has 1 aliphatic carbocycles. The first-order valence-corrected chi connectivity index (χ1v) is 9.16. The van der Waals surface area contributed by atoms with Crippen molar-refractivity contribution < 1.29 is 19.1 Å². The van der Waals surface area contributed by atoms with Crippen molar-refractivity contribution in [1.82, 2.24) is 9.80 Å². The molecule has 1 aromatic carbocycles. The van der Waals surface area contributed by atoms with Gasteiger partial charge in [-0.05, 0) is 30.5 Å². The van der Waals surface area contributed by atoms with Crippen molar-refractivity contribution in [2.45, 2.75) is 25.7 Å². The number of fused-ring (bicyclic) bond motifs is 1. The highest BCUT2D eigenvalue weighted by atomic mass is 16.5. The van der Waals surface area contributed by atoms with Crippen molar-refractivity contribution >= 4 is 11.8 Å². The van der Waals surface area contributed by atoms with Gasteiger partial charge in [-0.25, -0.2) is 0 Å². The number of carbonyl (C=O) groups is 2. The monoisotopic (exact) mass is 344 g/mol. The van der Waals surface area contributed by atoms with Crippen LogP contribution in [0.2, 0.25) is 0 Å². The van der Waals surface area contributed by atoms with Crippen LogP contribution in [0, 0.1) is 5.92 Å². The molecule has 2 heterocycles. The average Bonchev–Trinajstić information content (AvgIpc) is 3.48. The minimum atomic E-state index is 0.105. The maximum atomic E-state index is 12.6. The Kier molecular flexibility index (Phi) is 4.51. The average molecular weight is 344 g/mol. The Morgan fingerprint density at radius 1 is 0.960 bits per heavy atom. The first-order chi connectivity index (χ1) is 12.2. The normalized spacial score (nSPS) is 20.2. The zero-order valence-corrected chi connectivity index (χ0v) is 14.4. The standard InChI is InChI=1S/C19H24N2O4/c22-18(20-6-8-21(9-7-20)19(23)15-3-4-15)13-14-2-5-16-17(12-14)25-11-1-10-24-16/h2,5,12,15H,1,3-4,6-11,13H2. The van der Waals surface area contributed by atoms with Gasteiger partial charge in [-0.2, -0.15) is 0 Å². The van der Waals surface area contributed by atoms with E-state index in [2.05, 4.69) is 0 Å². The second-order valence-electron chi connectivity index (χ2n) is 6.99. The first-order valence-electron chi connectivity index (χ1n) is 9.16. The van der Waals surface area contributed by atoms with Gasteiger partial charge in [0.25, 0.3) is 0 Å². The Hall–Kier alpha value is -2.24. The summed E-state index contributed by atoms with van der Waals surface area (Å²) < 4.78 is 11.3. The Balaban J connectivity index is 1.33. The van der Waals surface area contributed by atoms with E-state index in [-0.39, 0.29) is 17.7 Å². The lowest BCUT2D eigenvalue weighted by atomic mass is 10.1. The predicted molar refractivity (Wildman–Crippen MR) is 91.6 cm³/mol. The number of amides is 2. The molecule has 0 unspecified atom stereocenters. The summed E-state index contributed by atoms with van der Waals surface area (Å²) in [7, 11) is 0. The summed E-state index contributed by atoms with van der Waals surface area (Å²) in [4.78, 5) is 28.4. The molecule has 3 aliphatic rings. The topological polar surface area (TPSA) is 59.1 Å². The van der Waals surface area contributed by atoms with Gasteiger partial charge in [0.05, 0.1) is 19.6 Å². The van der Waals surface area contributed by atoms with Gasteiger partial charge >= 0.3 is 0 Å². The highest BCUT2D eigenvalue weighted by molar-refractivity contribution is 5.82. The van der Waals surface area contributed by atoms with Gasteiger partial charge in [-0.3, -0.25) is 9.59 Å². The van der Waals surface area contributed by atoms with E-state index in [1.54, 1.807) is 0 Å². The van der Waals surface area contributed by atoms with Gasteiger partial charge in [-0.15, -0.1) is 0 Å². The van der Waals surface area contributed by atoms with Crippen LogP contribution in [-0.2, 0) is 16.0 Å². The molecule has 2 fully saturated rings. The van der Waals surface area contributed by atoms with Crippen molar-refractivity contribution in [3.8, 4) is 11.5 Å². The fourth-order valence-corrected chi connectivity index (χ4v) is 3.37. The summed E-state index contributed by atoms with van der Waals surface area (Å²) in [6.45, 7) is 3.87. The molecule has 1 saturated heterocycles. The number of ether oxygens (including phenoxy) is 2. The second-order valence-corrected chi connectivity index (χ2v) is 6.99. The molecule has 25 heavy (non-hydrogen) atoms. The second kappa shape index (κ2) is 6.94. The molecule has 0 N–H and O–H groups in total. The molecule has 4 rings (SSSR count). The molecule has 0 aromatic heterocycles. The van der Waals surface area contributed by atoms with Crippen LogP contribution in [0.3, 0.4) is 0 Å². The van der Waals surface area contributed by atoms with Crippen molar-refractivity contribution in [1.29, 1.82) is 0 Å². The molecule has 0 bridgehead atoms. The SMILES string of the molecule is O=C(Cc1ccc2c(c1)OCCCO2)N1CCN(C(=O)C2CC2)CC1. The molecular weight excluding hydrogens is 320 g/mol. The summed E-state index contributed by atoms with van der Waals surface area (Å²) in [6, 6.07) is 5.72. The Bertz CT molecular complexity index is 663. The van der Waals surface area contributed by atoms with Crippen LogP contribution in [0.25, 0.3) is 0 Å². The number of nitrogens with zero attached hydrogens (tertiary/aromatic N) is 2. The molecule has 134 valence electrons. The van der Waals surface area contributed by atoms with Gasteiger partial charge in [0, 0.05) is 38.5 Å². The van der Waals surface area contributed by atoms with Crippen LogP contribution in [0.1, 0.15) is 24.8 Å². The van der Waals surface area contributed by atoms with Crippen molar-refractivity contribution in [2.24, 2.45) is 5.92 Å². The largest absolute Gasteiger partial charge is 0.490 e. The van der Waals surface area contributed by atoms with Gasteiger partial charge in [0.2, 0.25) is 11.8 Å². The molecule has 0 spiro atoms. The van der Waals surface area contributed by atoms with Gasteiger partial charge in [-0.1, -0.05) is 6.07 Å². The fraction of sp³-hybridized carbons (Fsp3) is 0.579. The molecule has 2 amide bonds. The summed E-state index contributed by atoms with van der Waals surface area (Å²) in [5.41, 5.74) is 0.936. The minimum absolute atomic E-state index is 0.105. The quantitative estimate of drug-likeness (QED) is 0.833. The molecule has 6 heteroatoms. The molecule has 1 saturated carbocycles. The lowest BCUT2D eigenvalue weighted by molar-refractivity contribution is -0.140. The molecule has 0 radical (unpaired) electrons. The van der Waals surface area contributed by atoms with Crippen LogP contribution >= 0.6 is 0 Å². The molecule has 0 atom stereocenters. The molecule has 1 aromatic rings. The summed E-state index contributed by atoms with van der Waals surface area (Å²) in [6.07, 6.45) is 3.28. The summed E-state index contributed by atoms with van der Waals surface area (Å²) in [5, 5.41) is 0.